The third-order valence-corrected chi connectivity index (χ3v) is 4.40. The fourth-order valence-corrected chi connectivity index (χ4v) is 3.39. The molecular weight excluding hydrogens is 152 g/mol. The Bertz CT molecular complexity index is 277. The molecule has 4 atom stereocenters. The van der Waals surface area contributed by atoms with Crippen molar-refractivity contribution in [3.63, 3.8) is 0 Å². The molecule has 3 aliphatic carbocycles. The minimum atomic E-state index is -0.0741. The summed E-state index contributed by atoms with van der Waals surface area (Å²) in [6.45, 7) is 6.50. The topological polar surface area (TPSA) is 29.6 Å². The van der Waals surface area contributed by atoms with E-state index in [1.54, 1.807) is 0 Å². The van der Waals surface area contributed by atoms with E-state index in [0.717, 1.165) is 6.42 Å². The van der Waals surface area contributed by atoms with Gasteiger partial charge in [-0.3, -0.25) is 4.79 Å². The predicted octanol–water partition coefficient (Wildman–Crippen LogP) is 1.39. The summed E-state index contributed by atoms with van der Waals surface area (Å²) in [7, 11) is 0. The highest BCUT2D eigenvalue weighted by Gasteiger charge is 2.76. The molecule has 1 heterocycles. The first-order valence-corrected chi connectivity index (χ1v) is 4.69. The van der Waals surface area contributed by atoms with E-state index in [0.29, 0.717) is 17.6 Å². The average Bonchev–Trinajstić information content (AvgIpc) is 2.61. The quantitative estimate of drug-likeness (QED) is 0.509. The Morgan fingerprint density at radius 2 is 2.08 bits per heavy atom. The van der Waals surface area contributed by atoms with E-state index >= 15 is 0 Å². The summed E-state index contributed by atoms with van der Waals surface area (Å²) in [6.07, 6.45) is 1.04. The Balaban J connectivity index is 2.06. The summed E-state index contributed by atoms with van der Waals surface area (Å²) in [5.41, 5.74) is 0.133. The molecule has 12 heavy (non-hydrogen) atoms. The molecule has 2 bridgehead atoms. The molecular formula is C10H14O2. The highest BCUT2D eigenvalue weighted by Crippen LogP contribution is 2.68. The van der Waals surface area contributed by atoms with E-state index in [2.05, 4.69) is 20.8 Å². The summed E-state index contributed by atoms with van der Waals surface area (Å²) in [6, 6.07) is 0. The smallest absolute Gasteiger partial charge is 0.168 e. The molecule has 4 rings (SSSR count). The van der Waals surface area contributed by atoms with Crippen molar-refractivity contribution in [2.24, 2.45) is 17.3 Å². The number of hydrogen-bond donors (Lipinski definition) is 0. The number of carbonyl (C=O) groups excluding carboxylic acids is 1. The molecule has 4 aliphatic rings. The monoisotopic (exact) mass is 166 g/mol. The molecule has 1 saturated heterocycles. The van der Waals surface area contributed by atoms with Gasteiger partial charge in [-0.2, -0.15) is 0 Å². The molecule has 0 unspecified atom stereocenters. The average molecular weight is 166 g/mol. The second-order valence-electron chi connectivity index (χ2n) is 5.25. The van der Waals surface area contributed by atoms with E-state index in [9.17, 15) is 4.79 Å². The molecule has 0 N–H and O–H groups in total. The normalized spacial score (nSPS) is 58.9. The van der Waals surface area contributed by atoms with Crippen molar-refractivity contribution in [3.05, 3.63) is 0 Å². The molecule has 4 fully saturated rings. The van der Waals surface area contributed by atoms with E-state index in [1.807, 2.05) is 0 Å². The number of carbonyl (C=O) groups is 1. The fraction of sp³-hybridized carbons (Fsp3) is 0.900. The molecule has 3 saturated carbocycles. The highest BCUT2D eigenvalue weighted by molar-refractivity contribution is 5.93. The summed E-state index contributed by atoms with van der Waals surface area (Å²) < 4.78 is 5.52. The molecule has 0 aromatic heterocycles. The third-order valence-electron chi connectivity index (χ3n) is 4.40. The van der Waals surface area contributed by atoms with Gasteiger partial charge in [-0.1, -0.05) is 13.8 Å². The van der Waals surface area contributed by atoms with Gasteiger partial charge in [0, 0.05) is 5.92 Å². The minimum absolute atomic E-state index is 0.0331. The number of ketones is 1. The van der Waals surface area contributed by atoms with E-state index in [-0.39, 0.29) is 17.1 Å². The van der Waals surface area contributed by atoms with Crippen molar-refractivity contribution < 1.29 is 9.53 Å². The van der Waals surface area contributed by atoms with Crippen LogP contribution < -0.4 is 0 Å². The van der Waals surface area contributed by atoms with Crippen LogP contribution in [0, 0.1) is 17.3 Å². The minimum Gasteiger partial charge on any atom is -0.358 e. The lowest BCUT2D eigenvalue weighted by Gasteiger charge is -2.56. The molecule has 0 amide bonds. The largest absolute Gasteiger partial charge is 0.358 e. The van der Waals surface area contributed by atoms with Crippen LogP contribution in [0.3, 0.4) is 0 Å². The van der Waals surface area contributed by atoms with Gasteiger partial charge in [-0.25, -0.2) is 0 Å². The second-order valence-corrected chi connectivity index (χ2v) is 5.25. The van der Waals surface area contributed by atoms with Gasteiger partial charge in [-0.15, -0.1) is 0 Å². The Labute approximate surface area is 72.3 Å². The molecule has 0 aromatic carbocycles. The number of ether oxygens (including phenoxy) is 1. The maximum absolute atomic E-state index is 11.7. The first-order chi connectivity index (χ1) is 5.48. The van der Waals surface area contributed by atoms with Crippen LogP contribution in [0.1, 0.15) is 27.2 Å². The molecule has 0 spiro atoms. The van der Waals surface area contributed by atoms with Crippen molar-refractivity contribution in [3.8, 4) is 0 Å². The molecule has 0 aromatic rings. The highest BCUT2D eigenvalue weighted by atomic mass is 16.6. The lowest BCUT2D eigenvalue weighted by molar-refractivity contribution is -0.147. The van der Waals surface area contributed by atoms with Crippen molar-refractivity contribution in [2.75, 3.05) is 0 Å². The van der Waals surface area contributed by atoms with Gasteiger partial charge in [0.1, 0.15) is 11.7 Å². The SMILES string of the molecule is CC1(C)[C@@H]2C[C@H]1[C@@]1(C)O[C@H]1C2=O. The van der Waals surface area contributed by atoms with Crippen LogP contribution in [0.2, 0.25) is 0 Å². The zero-order valence-electron chi connectivity index (χ0n) is 7.76. The summed E-state index contributed by atoms with van der Waals surface area (Å²) in [5.74, 6) is 1.28. The van der Waals surface area contributed by atoms with E-state index in [1.165, 1.54) is 0 Å². The van der Waals surface area contributed by atoms with Crippen molar-refractivity contribution >= 4 is 5.78 Å². The van der Waals surface area contributed by atoms with Crippen LogP contribution in [0.4, 0.5) is 0 Å². The number of Topliss-reactive ketones (excluding diaryl/α,β-unsaturated/α-hetero) is 1. The molecule has 66 valence electrons. The van der Waals surface area contributed by atoms with Gasteiger partial charge in [0.05, 0.1) is 0 Å². The van der Waals surface area contributed by atoms with Crippen LogP contribution in [0.5, 0.6) is 0 Å². The maximum atomic E-state index is 11.7. The van der Waals surface area contributed by atoms with Crippen LogP contribution in [-0.4, -0.2) is 17.5 Å². The van der Waals surface area contributed by atoms with Crippen molar-refractivity contribution in [1.82, 2.24) is 0 Å². The van der Waals surface area contributed by atoms with Gasteiger partial charge in [0.15, 0.2) is 5.78 Å². The number of rotatable bonds is 0. The molecule has 1 aliphatic heterocycles. The van der Waals surface area contributed by atoms with Crippen LogP contribution in [0.15, 0.2) is 0 Å². The summed E-state index contributed by atoms with van der Waals surface area (Å²) >= 11 is 0. The zero-order chi connectivity index (χ0) is 8.72. The standard InChI is InChI=1S/C10H14O2/c1-9(2)5-4-6(9)10(3)8(12-10)7(5)11/h5-6,8H,4H2,1-3H3/t5-,6-,8+,10-/m1/s1. The third kappa shape index (κ3) is 0.481. The van der Waals surface area contributed by atoms with Gasteiger partial charge in [0.25, 0.3) is 0 Å². The predicted molar refractivity (Wildman–Crippen MR) is 43.7 cm³/mol. The van der Waals surface area contributed by atoms with E-state index in [4.69, 9.17) is 4.74 Å². The Morgan fingerprint density at radius 3 is 2.58 bits per heavy atom. The van der Waals surface area contributed by atoms with Gasteiger partial charge in [0.2, 0.25) is 0 Å². The maximum Gasteiger partial charge on any atom is 0.168 e. The van der Waals surface area contributed by atoms with Crippen LogP contribution >= 0.6 is 0 Å². The summed E-state index contributed by atoms with van der Waals surface area (Å²) in [4.78, 5) is 11.7. The Morgan fingerprint density at radius 1 is 1.42 bits per heavy atom. The summed E-state index contributed by atoms with van der Waals surface area (Å²) in [5, 5.41) is 0. The van der Waals surface area contributed by atoms with Crippen LogP contribution in [-0.2, 0) is 9.53 Å². The van der Waals surface area contributed by atoms with Crippen LogP contribution in [0.25, 0.3) is 0 Å². The van der Waals surface area contributed by atoms with E-state index < -0.39 is 0 Å². The number of hydrogen-bond acceptors (Lipinski definition) is 2. The van der Waals surface area contributed by atoms with Crippen molar-refractivity contribution in [2.45, 2.75) is 38.9 Å². The fourth-order valence-electron chi connectivity index (χ4n) is 3.39. The molecule has 2 nitrogen and oxygen atoms in total. The Hall–Kier alpha value is -0.370. The van der Waals surface area contributed by atoms with Gasteiger partial charge < -0.3 is 4.74 Å². The lowest BCUT2D eigenvalue weighted by Crippen LogP contribution is -2.60. The number of epoxide rings is 1. The first-order valence-electron chi connectivity index (χ1n) is 4.69. The second kappa shape index (κ2) is 1.50. The first kappa shape index (κ1) is 7.07. The Kier molecular flexibility index (Phi) is 0.885. The zero-order valence-corrected chi connectivity index (χ0v) is 7.76. The van der Waals surface area contributed by atoms with Gasteiger partial charge >= 0.3 is 0 Å². The molecule has 0 radical (unpaired) electrons. The van der Waals surface area contributed by atoms with Crippen molar-refractivity contribution in [1.29, 1.82) is 0 Å². The van der Waals surface area contributed by atoms with Gasteiger partial charge in [-0.05, 0) is 24.7 Å². The lowest BCUT2D eigenvalue weighted by atomic mass is 9.45. The molecule has 2 heteroatoms.